The highest BCUT2D eigenvalue weighted by molar-refractivity contribution is 5.89. The summed E-state index contributed by atoms with van der Waals surface area (Å²) in [5, 5.41) is 2.88. The van der Waals surface area contributed by atoms with Crippen LogP contribution in [0.2, 0.25) is 0 Å². The molecule has 1 fully saturated rings. The number of benzene rings is 1. The first-order valence-electron chi connectivity index (χ1n) is 6.42. The number of nitrogens with two attached hydrogens (primary N) is 1. The van der Waals surface area contributed by atoms with Gasteiger partial charge in [0, 0.05) is 32.2 Å². The Morgan fingerprint density at radius 1 is 1.42 bits per heavy atom. The van der Waals surface area contributed by atoms with Gasteiger partial charge in [0.15, 0.2) is 0 Å². The van der Waals surface area contributed by atoms with Crippen molar-refractivity contribution in [3.8, 4) is 0 Å². The molecule has 0 spiro atoms. The van der Waals surface area contributed by atoms with Crippen LogP contribution in [0.5, 0.6) is 0 Å². The van der Waals surface area contributed by atoms with E-state index in [0.717, 1.165) is 17.7 Å². The quantitative estimate of drug-likeness (QED) is 0.771. The first kappa shape index (κ1) is 13.4. The highest BCUT2D eigenvalue weighted by atomic mass is 16.2. The number of nitrogen functional groups attached to an aromatic ring is 1. The van der Waals surface area contributed by atoms with Gasteiger partial charge in [-0.15, -0.1) is 0 Å². The Bertz CT molecular complexity index is 470. The fraction of sp³-hybridized carbons (Fsp3) is 0.429. The average Bonchev–Trinajstić information content (AvgIpc) is 2.72. The van der Waals surface area contributed by atoms with E-state index >= 15 is 0 Å². The molecule has 0 aromatic heterocycles. The molecule has 1 aliphatic rings. The molecule has 1 atom stereocenters. The van der Waals surface area contributed by atoms with Gasteiger partial charge < -0.3 is 16.0 Å². The molecule has 3 N–H and O–H groups in total. The van der Waals surface area contributed by atoms with Gasteiger partial charge in [0.2, 0.25) is 11.8 Å². The summed E-state index contributed by atoms with van der Waals surface area (Å²) < 4.78 is 0. The normalized spacial score (nSPS) is 18.7. The van der Waals surface area contributed by atoms with Crippen molar-refractivity contribution < 1.29 is 9.59 Å². The van der Waals surface area contributed by atoms with E-state index < -0.39 is 0 Å². The van der Waals surface area contributed by atoms with Crippen LogP contribution in [0.15, 0.2) is 24.3 Å². The molecule has 1 heterocycles. The average molecular weight is 261 g/mol. The molecule has 2 amide bonds. The SMILES string of the molecule is CN1CC(C(=O)NCCc2ccc(N)cc2)CC1=O. The Balaban J connectivity index is 1.75. The van der Waals surface area contributed by atoms with Gasteiger partial charge >= 0.3 is 0 Å². The van der Waals surface area contributed by atoms with E-state index in [1.54, 1.807) is 11.9 Å². The maximum absolute atomic E-state index is 11.9. The van der Waals surface area contributed by atoms with Crippen LogP contribution < -0.4 is 11.1 Å². The second-order valence-corrected chi connectivity index (χ2v) is 4.96. The van der Waals surface area contributed by atoms with Crippen LogP contribution in [0.4, 0.5) is 5.69 Å². The van der Waals surface area contributed by atoms with Gasteiger partial charge in [-0.25, -0.2) is 0 Å². The zero-order valence-electron chi connectivity index (χ0n) is 11.1. The van der Waals surface area contributed by atoms with E-state index in [4.69, 9.17) is 5.73 Å². The van der Waals surface area contributed by atoms with Crippen molar-refractivity contribution in [2.24, 2.45) is 5.92 Å². The van der Waals surface area contributed by atoms with Crippen LogP contribution in [0, 0.1) is 5.92 Å². The van der Waals surface area contributed by atoms with Crippen LogP contribution in [0.1, 0.15) is 12.0 Å². The number of carbonyl (C=O) groups is 2. The van der Waals surface area contributed by atoms with E-state index in [1.807, 2.05) is 24.3 Å². The summed E-state index contributed by atoms with van der Waals surface area (Å²) in [6.45, 7) is 1.10. The number of anilines is 1. The van der Waals surface area contributed by atoms with Crippen LogP contribution in [0.25, 0.3) is 0 Å². The van der Waals surface area contributed by atoms with Gasteiger partial charge in [-0.3, -0.25) is 9.59 Å². The van der Waals surface area contributed by atoms with Crippen molar-refractivity contribution in [3.05, 3.63) is 29.8 Å². The molecule has 0 saturated carbocycles. The molecule has 5 heteroatoms. The molecule has 19 heavy (non-hydrogen) atoms. The third-order valence-electron chi connectivity index (χ3n) is 3.40. The summed E-state index contributed by atoms with van der Waals surface area (Å²) in [7, 11) is 1.73. The summed E-state index contributed by atoms with van der Waals surface area (Å²) in [6, 6.07) is 7.60. The van der Waals surface area contributed by atoms with Crippen LogP contribution >= 0.6 is 0 Å². The van der Waals surface area contributed by atoms with Crippen molar-refractivity contribution in [1.82, 2.24) is 10.2 Å². The molecule has 102 valence electrons. The predicted octanol–water partition coefficient (Wildman–Crippen LogP) is 0.406. The lowest BCUT2D eigenvalue weighted by atomic mass is 10.1. The second-order valence-electron chi connectivity index (χ2n) is 4.96. The summed E-state index contributed by atoms with van der Waals surface area (Å²) in [5.41, 5.74) is 7.48. The van der Waals surface area contributed by atoms with Crippen LogP contribution in [0.3, 0.4) is 0 Å². The number of carbonyl (C=O) groups excluding carboxylic acids is 2. The minimum Gasteiger partial charge on any atom is -0.399 e. The third-order valence-corrected chi connectivity index (χ3v) is 3.40. The first-order valence-corrected chi connectivity index (χ1v) is 6.42. The highest BCUT2D eigenvalue weighted by Crippen LogP contribution is 2.15. The summed E-state index contributed by atoms with van der Waals surface area (Å²) in [6.07, 6.45) is 1.09. The molecule has 5 nitrogen and oxygen atoms in total. The molecule has 1 aromatic carbocycles. The fourth-order valence-corrected chi connectivity index (χ4v) is 2.20. The van der Waals surface area contributed by atoms with E-state index in [1.165, 1.54) is 0 Å². The minimum absolute atomic E-state index is 0.0341. The van der Waals surface area contributed by atoms with Crippen molar-refractivity contribution in [2.45, 2.75) is 12.8 Å². The fourth-order valence-electron chi connectivity index (χ4n) is 2.20. The minimum atomic E-state index is -0.205. The maximum Gasteiger partial charge on any atom is 0.225 e. The molecule has 1 saturated heterocycles. The van der Waals surface area contributed by atoms with Crippen molar-refractivity contribution in [3.63, 3.8) is 0 Å². The maximum atomic E-state index is 11.9. The molecule has 0 bridgehead atoms. The zero-order valence-corrected chi connectivity index (χ0v) is 11.1. The largest absolute Gasteiger partial charge is 0.399 e. The van der Waals surface area contributed by atoms with E-state index in [2.05, 4.69) is 5.32 Å². The molecule has 0 aliphatic carbocycles. The molecule has 1 unspecified atom stereocenters. The molecular weight excluding hydrogens is 242 g/mol. The number of hydrogen-bond acceptors (Lipinski definition) is 3. The molecular formula is C14H19N3O2. The number of nitrogens with one attached hydrogen (secondary N) is 1. The zero-order chi connectivity index (χ0) is 13.8. The second kappa shape index (κ2) is 5.73. The predicted molar refractivity (Wildman–Crippen MR) is 73.3 cm³/mol. The lowest BCUT2D eigenvalue weighted by Gasteiger charge is -2.11. The Labute approximate surface area is 112 Å². The number of amides is 2. The van der Waals surface area contributed by atoms with Gasteiger partial charge in [-0.05, 0) is 24.1 Å². The molecule has 1 aliphatic heterocycles. The van der Waals surface area contributed by atoms with E-state index in [-0.39, 0.29) is 17.7 Å². The van der Waals surface area contributed by atoms with Gasteiger partial charge in [-0.1, -0.05) is 12.1 Å². The van der Waals surface area contributed by atoms with Gasteiger partial charge in [0.05, 0.1) is 5.92 Å². The van der Waals surface area contributed by atoms with E-state index in [9.17, 15) is 9.59 Å². The monoisotopic (exact) mass is 261 g/mol. The first-order chi connectivity index (χ1) is 9.06. The Hall–Kier alpha value is -2.04. The lowest BCUT2D eigenvalue weighted by Crippen LogP contribution is -2.33. The number of hydrogen-bond donors (Lipinski definition) is 2. The van der Waals surface area contributed by atoms with E-state index in [0.29, 0.717) is 19.5 Å². The summed E-state index contributed by atoms with van der Waals surface area (Å²) >= 11 is 0. The van der Waals surface area contributed by atoms with Crippen molar-refractivity contribution in [1.29, 1.82) is 0 Å². The standard InChI is InChI=1S/C14H19N3O2/c1-17-9-11(8-13(17)18)14(19)16-7-6-10-2-4-12(15)5-3-10/h2-5,11H,6-9,15H2,1H3,(H,16,19). The smallest absolute Gasteiger partial charge is 0.225 e. The summed E-state index contributed by atoms with van der Waals surface area (Å²) in [4.78, 5) is 24.8. The molecule has 1 aromatic rings. The summed E-state index contributed by atoms with van der Waals surface area (Å²) in [5.74, 6) is -0.198. The van der Waals surface area contributed by atoms with Crippen molar-refractivity contribution in [2.75, 3.05) is 25.9 Å². The molecule has 0 radical (unpaired) electrons. The number of nitrogens with zero attached hydrogens (tertiary/aromatic N) is 1. The Morgan fingerprint density at radius 2 is 2.11 bits per heavy atom. The number of rotatable bonds is 4. The third kappa shape index (κ3) is 3.47. The van der Waals surface area contributed by atoms with Crippen LogP contribution in [-0.2, 0) is 16.0 Å². The lowest BCUT2D eigenvalue weighted by molar-refractivity contribution is -0.128. The van der Waals surface area contributed by atoms with Gasteiger partial charge in [-0.2, -0.15) is 0 Å². The molecule has 2 rings (SSSR count). The Morgan fingerprint density at radius 3 is 2.68 bits per heavy atom. The van der Waals surface area contributed by atoms with Gasteiger partial charge in [0.1, 0.15) is 0 Å². The highest BCUT2D eigenvalue weighted by Gasteiger charge is 2.31. The topological polar surface area (TPSA) is 75.4 Å². The van der Waals surface area contributed by atoms with Crippen LogP contribution in [-0.4, -0.2) is 36.9 Å². The van der Waals surface area contributed by atoms with Crippen molar-refractivity contribution >= 4 is 17.5 Å². The number of likely N-dealkylation sites (tertiary alicyclic amines) is 1. The Kier molecular flexibility index (Phi) is 4.04. The van der Waals surface area contributed by atoms with Gasteiger partial charge in [0.25, 0.3) is 0 Å².